The molecule has 0 amide bonds. The number of aromatic hydroxyl groups is 1. The molecule has 0 aliphatic heterocycles. The summed E-state index contributed by atoms with van der Waals surface area (Å²) in [6.45, 7) is 6.12. The second-order valence-corrected chi connectivity index (χ2v) is 7.76. The van der Waals surface area contributed by atoms with Crippen molar-refractivity contribution in [1.82, 2.24) is 29.8 Å². The Bertz CT molecular complexity index is 1130. The van der Waals surface area contributed by atoms with E-state index in [0.717, 1.165) is 16.4 Å². The number of anilines is 2. The molecule has 29 heavy (non-hydrogen) atoms. The van der Waals surface area contributed by atoms with Gasteiger partial charge in [0, 0.05) is 18.0 Å². The molecule has 0 spiro atoms. The van der Waals surface area contributed by atoms with Crippen LogP contribution < -0.4 is 5.32 Å². The fraction of sp³-hybridized carbons (Fsp3) is 0.263. The van der Waals surface area contributed by atoms with Crippen molar-refractivity contribution in [3.63, 3.8) is 0 Å². The zero-order valence-electron chi connectivity index (χ0n) is 16.2. The standard InChI is InChI=1S/C19H20FN7OS/c1-11-9-12(2)27(24-11)13(3)18-22-23-19(29-18)21-17-7-8-26(25-17)10-14-15(20)5-4-6-16(14)28/h4-9,13,28H,10H2,1-3H3,(H,21,23,25)/t13-/m0/s1. The van der Waals surface area contributed by atoms with Crippen LogP contribution in [0.2, 0.25) is 0 Å². The van der Waals surface area contributed by atoms with Crippen LogP contribution in [0, 0.1) is 19.7 Å². The van der Waals surface area contributed by atoms with Gasteiger partial charge in [0.15, 0.2) is 5.82 Å². The Kier molecular flexibility index (Phi) is 5.01. The first-order valence-corrected chi connectivity index (χ1v) is 9.85. The second-order valence-electron chi connectivity index (χ2n) is 6.75. The molecule has 0 aliphatic carbocycles. The molecule has 0 bridgehead atoms. The van der Waals surface area contributed by atoms with E-state index < -0.39 is 5.82 Å². The summed E-state index contributed by atoms with van der Waals surface area (Å²) in [5, 5.41) is 31.7. The Balaban J connectivity index is 1.46. The summed E-state index contributed by atoms with van der Waals surface area (Å²) >= 11 is 1.42. The molecular formula is C19H20FN7OS. The predicted octanol–water partition coefficient (Wildman–Crippen LogP) is 3.79. The number of phenolic OH excluding ortho intramolecular Hbond substituents is 1. The molecule has 3 heterocycles. The second kappa shape index (κ2) is 7.63. The minimum atomic E-state index is -0.470. The SMILES string of the molecule is Cc1cc(C)n([C@@H](C)c2nnc(Nc3ccn(Cc4c(O)cccc4F)n3)s2)n1. The number of nitrogens with one attached hydrogen (secondary N) is 1. The van der Waals surface area contributed by atoms with E-state index in [-0.39, 0.29) is 23.9 Å². The van der Waals surface area contributed by atoms with Crippen LogP contribution in [0.4, 0.5) is 15.3 Å². The molecule has 8 nitrogen and oxygen atoms in total. The maximum Gasteiger partial charge on any atom is 0.211 e. The number of aromatic nitrogens is 6. The van der Waals surface area contributed by atoms with E-state index in [4.69, 9.17) is 0 Å². The number of hydrogen-bond donors (Lipinski definition) is 2. The van der Waals surface area contributed by atoms with Crippen LogP contribution in [0.15, 0.2) is 36.5 Å². The van der Waals surface area contributed by atoms with Crippen molar-refractivity contribution >= 4 is 22.3 Å². The summed E-state index contributed by atoms with van der Waals surface area (Å²) in [4.78, 5) is 0. The van der Waals surface area contributed by atoms with E-state index in [2.05, 4.69) is 25.7 Å². The lowest BCUT2D eigenvalue weighted by Crippen LogP contribution is -2.10. The van der Waals surface area contributed by atoms with Crippen molar-refractivity contribution < 1.29 is 9.50 Å². The number of halogens is 1. The maximum atomic E-state index is 13.9. The van der Waals surface area contributed by atoms with Crippen molar-refractivity contribution in [3.05, 3.63) is 64.3 Å². The average Bonchev–Trinajstić information content (AvgIpc) is 3.39. The molecule has 0 radical (unpaired) electrons. The largest absolute Gasteiger partial charge is 0.507 e. The molecule has 0 saturated carbocycles. The first-order valence-electron chi connectivity index (χ1n) is 9.03. The Hall–Kier alpha value is -3.27. The highest BCUT2D eigenvalue weighted by Crippen LogP contribution is 2.27. The Morgan fingerprint density at radius 3 is 2.76 bits per heavy atom. The zero-order chi connectivity index (χ0) is 20.5. The third-order valence-electron chi connectivity index (χ3n) is 4.50. The molecule has 2 N–H and O–H groups in total. The Morgan fingerprint density at radius 2 is 2.03 bits per heavy atom. The first-order chi connectivity index (χ1) is 13.9. The highest BCUT2D eigenvalue weighted by molar-refractivity contribution is 7.15. The molecule has 3 aromatic heterocycles. The summed E-state index contributed by atoms with van der Waals surface area (Å²) in [6, 6.07) is 7.97. The minimum Gasteiger partial charge on any atom is -0.507 e. The lowest BCUT2D eigenvalue weighted by Gasteiger charge is -2.10. The molecule has 10 heteroatoms. The normalized spacial score (nSPS) is 12.3. The van der Waals surface area contributed by atoms with Crippen molar-refractivity contribution in [2.75, 3.05) is 5.32 Å². The molecule has 0 aliphatic rings. The van der Waals surface area contributed by atoms with Gasteiger partial charge in [0.05, 0.1) is 17.8 Å². The molecule has 0 unspecified atom stereocenters. The van der Waals surface area contributed by atoms with Gasteiger partial charge in [0.1, 0.15) is 22.6 Å². The van der Waals surface area contributed by atoms with E-state index in [1.54, 1.807) is 16.9 Å². The minimum absolute atomic E-state index is 0.0293. The van der Waals surface area contributed by atoms with Crippen molar-refractivity contribution in [3.8, 4) is 5.75 Å². The van der Waals surface area contributed by atoms with Crippen LogP contribution in [-0.4, -0.2) is 34.9 Å². The van der Waals surface area contributed by atoms with Gasteiger partial charge in [-0.15, -0.1) is 10.2 Å². The van der Waals surface area contributed by atoms with Crippen LogP contribution in [0.3, 0.4) is 0 Å². The summed E-state index contributed by atoms with van der Waals surface area (Å²) in [7, 11) is 0. The quantitative estimate of drug-likeness (QED) is 0.499. The molecule has 4 rings (SSSR count). The van der Waals surface area contributed by atoms with Crippen LogP contribution in [-0.2, 0) is 6.54 Å². The first kappa shape index (κ1) is 19.1. The topological polar surface area (TPSA) is 93.7 Å². The highest BCUT2D eigenvalue weighted by Gasteiger charge is 2.17. The summed E-state index contributed by atoms with van der Waals surface area (Å²) in [6.07, 6.45) is 1.70. The van der Waals surface area contributed by atoms with Gasteiger partial charge in [-0.1, -0.05) is 17.4 Å². The third kappa shape index (κ3) is 3.97. The molecule has 1 atom stereocenters. The summed E-state index contributed by atoms with van der Waals surface area (Å²) in [5.41, 5.74) is 2.22. The summed E-state index contributed by atoms with van der Waals surface area (Å²) in [5.74, 6) is -0.00822. The van der Waals surface area contributed by atoms with E-state index in [0.29, 0.717) is 10.9 Å². The number of rotatable bonds is 6. The molecule has 0 saturated heterocycles. The molecule has 1 aromatic carbocycles. The fourth-order valence-corrected chi connectivity index (χ4v) is 3.88. The highest BCUT2D eigenvalue weighted by atomic mass is 32.1. The van der Waals surface area contributed by atoms with E-state index in [1.165, 1.54) is 29.5 Å². The van der Waals surface area contributed by atoms with E-state index >= 15 is 0 Å². The molecular weight excluding hydrogens is 393 g/mol. The van der Waals surface area contributed by atoms with E-state index in [1.807, 2.05) is 31.5 Å². The predicted molar refractivity (Wildman–Crippen MR) is 108 cm³/mol. The third-order valence-corrected chi connectivity index (χ3v) is 5.51. The fourth-order valence-electron chi connectivity index (χ4n) is 3.09. The van der Waals surface area contributed by atoms with Crippen LogP contribution in [0.1, 0.15) is 34.9 Å². The van der Waals surface area contributed by atoms with Crippen LogP contribution in [0.25, 0.3) is 0 Å². The lowest BCUT2D eigenvalue weighted by atomic mass is 10.2. The lowest BCUT2D eigenvalue weighted by molar-refractivity contribution is 0.452. The van der Waals surface area contributed by atoms with Crippen molar-refractivity contribution in [2.45, 2.75) is 33.4 Å². The molecule has 0 fully saturated rings. The zero-order valence-corrected chi connectivity index (χ0v) is 17.0. The van der Waals surface area contributed by atoms with Gasteiger partial charge < -0.3 is 10.4 Å². The van der Waals surface area contributed by atoms with Gasteiger partial charge in [-0.05, 0) is 39.0 Å². The van der Waals surface area contributed by atoms with Gasteiger partial charge >= 0.3 is 0 Å². The number of aryl methyl sites for hydroxylation is 2. The van der Waals surface area contributed by atoms with Crippen molar-refractivity contribution in [2.24, 2.45) is 0 Å². The van der Waals surface area contributed by atoms with Gasteiger partial charge in [0.2, 0.25) is 5.13 Å². The number of benzene rings is 1. The Labute approximate surface area is 170 Å². The number of hydrogen-bond acceptors (Lipinski definition) is 7. The van der Waals surface area contributed by atoms with E-state index in [9.17, 15) is 9.50 Å². The number of nitrogens with zero attached hydrogens (tertiary/aromatic N) is 6. The van der Waals surface area contributed by atoms with Crippen LogP contribution in [0.5, 0.6) is 5.75 Å². The van der Waals surface area contributed by atoms with Gasteiger partial charge in [0.25, 0.3) is 0 Å². The van der Waals surface area contributed by atoms with Gasteiger partial charge in [-0.3, -0.25) is 9.36 Å². The molecule has 150 valence electrons. The monoisotopic (exact) mass is 413 g/mol. The van der Waals surface area contributed by atoms with Crippen molar-refractivity contribution in [1.29, 1.82) is 0 Å². The molecule has 4 aromatic rings. The summed E-state index contributed by atoms with van der Waals surface area (Å²) < 4.78 is 17.4. The van der Waals surface area contributed by atoms with Crippen LogP contribution >= 0.6 is 11.3 Å². The van der Waals surface area contributed by atoms with Gasteiger partial charge in [-0.25, -0.2) is 4.39 Å². The van der Waals surface area contributed by atoms with Gasteiger partial charge in [-0.2, -0.15) is 10.2 Å². The smallest absolute Gasteiger partial charge is 0.211 e. The average molecular weight is 413 g/mol. The maximum absolute atomic E-state index is 13.9. The Morgan fingerprint density at radius 1 is 1.21 bits per heavy atom. The number of phenols is 1.